The van der Waals surface area contributed by atoms with Gasteiger partial charge in [0.2, 0.25) is 0 Å². The van der Waals surface area contributed by atoms with Gasteiger partial charge >= 0.3 is 0 Å². The number of hydrogen-bond acceptors (Lipinski definition) is 3. The standard InChI is InChI=1S/C11H13N3/c1-7-3-4-8-5-9(6-12)11(13-2)14-10(7)8/h5,7H,3-4H2,1-2H3,(H,13,14). The summed E-state index contributed by atoms with van der Waals surface area (Å²) >= 11 is 0. The average Bonchev–Trinajstić information content (AvgIpc) is 2.58. The van der Waals surface area contributed by atoms with Gasteiger partial charge in [-0.15, -0.1) is 0 Å². The summed E-state index contributed by atoms with van der Waals surface area (Å²) in [7, 11) is 1.80. The zero-order valence-corrected chi connectivity index (χ0v) is 8.46. The lowest BCUT2D eigenvalue weighted by Crippen LogP contribution is -2.01. The van der Waals surface area contributed by atoms with E-state index < -0.39 is 0 Å². The van der Waals surface area contributed by atoms with E-state index in [0.29, 0.717) is 17.3 Å². The zero-order chi connectivity index (χ0) is 10.1. The van der Waals surface area contributed by atoms with Crippen molar-refractivity contribution in [2.24, 2.45) is 0 Å². The molecule has 1 aromatic rings. The maximum absolute atomic E-state index is 8.92. The number of pyridine rings is 1. The van der Waals surface area contributed by atoms with E-state index in [-0.39, 0.29) is 0 Å². The van der Waals surface area contributed by atoms with Gasteiger partial charge in [-0.1, -0.05) is 6.92 Å². The number of nitrogens with zero attached hydrogens (tertiary/aromatic N) is 2. The first-order chi connectivity index (χ1) is 6.76. The molecule has 0 spiro atoms. The van der Waals surface area contributed by atoms with Crippen molar-refractivity contribution < 1.29 is 0 Å². The zero-order valence-electron chi connectivity index (χ0n) is 8.46. The minimum atomic E-state index is 0.532. The van der Waals surface area contributed by atoms with Crippen LogP contribution in [-0.4, -0.2) is 12.0 Å². The number of nitriles is 1. The molecule has 1 heterocycles. The molecule has 72 valence electrons. The van der Waals surface area contributed by atoms with Crippen molar-refractivity contribution in [1.82, 2.24) is 4.98 Å². The molecule has 1 atom stereocenters. The minimum Gasteiger partial charge on any atom is -0.372 e. The van der Waals surface area contributed by atoms with Crippen LogP contribution in [-0.2, 0) is 6.42 Å². The SMILES string of the molecule is CNc1nc2c(cc1C#N)CCC2C. The molecule has 0 radical (unpaired) electrons. The van der Waals surface area contributed by atoms with Gasteiger partial charge in [0.25, 0.3) is 0 Å². The van der Waals surface area contributed by atoms with Gasteiger partial charge in [-0.3, -0.25) is 0 Å². The van der Waals surface area contributed by atoms with Gasteiger partial charge in [-0.25, -0.2) is 4.98 Å². The van der Waals surface area contributed by atoms with Crippen LogP contribution in [0.3, 0.4) is 0 Å². The molecule has 0 saturated heterocycles. The fourth-order valence-electron chi connectivity index (χ4n) is 1.98. The Bertz CT molecular complexity index is 403. The van der Waals surface area contributed by atoms with Gasteiger partial charge in [0.1, 0.15) is 11.9 Å². The van der Waals surface area contributed by atoms with E-state index in [1.807, 2.05) is 6.07 Å². The third kappa shape index (κ3) is 1.24. The highest BCUT2D eigenvalue weighted by atomic mass is 15.0. The van der Waals surface area contributed by atoms with Gasteiger partial charge in [-0.05, 0) is 30.4 Å². The van der Waals surface area contributed by atoms with Crippen molar-refractivity contribution in [3.05, 3.63) is 22.9 Å². The van der Waals surface area contributed by atoms with Crippen LogP contribution in [0.4, 0.5) is 5.82 Å². The minimum absolute atomic E-state index is 0.532. The molecule has 0 bridgehead atoms. The number of aromatic nitrogens is 1. The fraction of sp³-hybridized carbons (Fsp3) is 0.455. The maximum atomic E-state index is 8.92. The molecule has 0 amide bonds. The van der Waals surface area contributed by atoms with Gasteiger partial charge in [-0.2, -0.15) is 5.26 Å². The first-order valence-electron chi connectivity index (χ1n) is 4.88. The maximum Gasteiger partial charge on any atom is 0.143 e. The molecule has 3 heteroatoms. The predicted octanol–water partition coefficient (Wildman–Crippen LogP) is 2.04. The summed E-state index contributed by atoms with van der Waals surface area (Å²) in [5.41, 5.74) is 3.06. The number of nitrogens with one attached hydrogen (secondary N) is 1. The van der Waals surface area contributed by atoms with Crippen LogP contribution >= 0.6 is 0 Å². The lowest BCUT2D eigenvalue weighted by atomic mass is 10.1. The number of rotatable bonds is 1. The third-order valence-corrected chi connectivity index (χ3v) is 2.81. The Kier molecular flexibility index (Phi) is 2.12. The molecule has 2 rings (SSSR count). The van der Waals surface area contributed by atoms with Crippen molar-refractivity contribution >= 4 is 5.82 Å². The lowest BCUT2D eigenvalue weighted by molar-refractivity contribution is 0.731. The Balaban J connectivity index is 2.56. The summed E-state index contributed by atoms with van der Waals surface area (Å²) in [5.74, 6) is 1.24. The largest absolute Gasteiger partial charge is 0.372 e. The third-order valence-electron chi connectivity index (χ3n) is 2.81. The van der Waals surface area contributed by atoms with Crippen molar-refractivity contribution in [1.29, 1.82) is 5.26 Å². The summed E-state index contributed by atoms with van der Waals surface area (Å²) in [6.45, 7) is 2.18. The van der Waals surface area contributed by atoms with Crippen molar-refractivity contribution in [2.75, 3.05) is 12.4 Å². The Morgan fingerprint density at radius 3 is 3.07 bits per heavy atom. The summed E-state index contributed by atoms with van der Waals surface area (Å²) < 4.78 is 0. The molecule has 0 aromatic carbocycles. The van der Waals surface area contributed by atoms with Gasteiger partial charge in [0.15, 0.2) is 0 Å². The van der Waals surface area contributed by atoms with Crippen LogP contribution in [0.25, 0.3) is 0 Å². The van der Waals surface area contributed by atoms with Gasteiger partial charge in [0, 0.05) is 12.7 Å². The normalized spacial score (nSPS) is 18.8. The monoisotopic (exact) mass is 187 g/mol. The van der Waals surface area contributed by atoms with E-state index in [1.165, 1.54) is 5.56 Å². The second-order valence-electron chi connectivity index (χ2n) is 3.73. The topological polar surface area (TPSA) is 48.7 Å². The second kappa shape index (κ2) is 3.30. The average molecular weight is 187 g/mol. The Morgan fingerprint density at radius 1 is 1.64 bits per heavy atom. The van der Waals surface area contributed by atoms with E-state index >= 15 is 0 Å². The lowest BCUT2D eigenvalue weighted by Gasteiger charge is -2.07. The van der Waals surface area contributed by atoms with E-state index in [4.69, 9.17) is 5.26 Å². The fourth-order valence-corrected chi connectivity index (χ4v) is 1.98. The number of hydrogen-bond donors (Lipinski definition) is 1. The first-order valence-corrected chi connectivity index (χ1v) is 4.88. The highest BCUT2D eigenvalue weighted by molar-refractivity contribution is 5.55. The molecular weight excluding hydrogens is 174 g/mol. The van der Waals surface area contributed by atoms with E-state index in [0.717, 1.165) is 18.5 Å². The van der Waals surface area contributed by atoms with E-state index in [9.17, 15) is 0 Å². The van der Waals surface area contributed by atoms with Crippen molar-refractivity contribution in [2.45, 2.75) is 25.7 Å². The number of anilines is 1. The molecule has 1 N–H and O–H groups in total. The molecule has 1 aromatic heterocycles. The van der Waals surface area contributed by atoms with E-state index in [1.54, 1.807) is 7.05 Å². The van der Waals surface area contributed by atoms with Crippen LogP contribution in [0, 0.1) is 11.3 Å². The molecule has 0 fully saturated rings. The smallest absolute Gasteiger partial charge is 0.143 e. The van der Waals surface area contributed by atoms with Crippen molar-refractivity contribution in [3.63, 3.8) is 0 Å². The molecule has 0 aliphatic heterocycles. The first kappa shape index (κ1) is 9.01. The van der Waals surface area contributed by atoms with Crippen LogP contribution in [0.5, 0.6) is 0 Å². The van der Waals surface area contributed by atoms with Crippen LogP contribution in [0.2, 0.25) is 0 Å². The molecule has 1 unspecified atom stereocenters. The summed E-state index contributed by atoms with van der Waals surface area (Å²) in [5, 5.41) is 11.9. The Morgan fingerprint density at radius 2 is 2.43 bits per heavy atom. The summed E-state index contributed by atoms with van der Waals surface area (Å²) in [4.78, 5) is 4.49. The molecule has 14 heavy (non-hydrogen) atoms. The Hall–Kier alpha value is -1.56. The van der Waals surface area contributed by atoms with E-state index in [2.05, 4.69) is 23.3 Å². The number of fused-ring (bicyclic) bond motifs is 1. The molecule has 1 aliphatic rings. The second-order valence-corrected chi connectivity index (χ2v) is 3.73. The molecular formula is C11H13N3. The molecule has 1 aliphatic carbocycles. The van der Waals surface area contributed by atoms with Crippen LogP contribution in [0.15, 0.2) is 6.07 Å². The predicted molar refractivity (Wildman–Crippen MR) is 55.2 cm³/mol. The van der Waals surface area contributed by atoms with Crippen LogP contribution in [0.1, 0.15) is 36.1 Å². The summed E-state index contributed by atoms with van der Waals surface area (Å²) in [6.07, 6.45) is 2.21. The number of aryl methyl sites for hydroxylation is 1. The highest BCUT2D eigenvalue weighted by Crippen LogP contribution is 2.33. The highest BCUT2D eigenvalue weighted by Gasteiger charge is 2.22. The molecule has 0 saturated carbocycles. The summed E-state index contributed by atoms with van der Waals surface area (Å²) in [6, 6.07) is 4.14. The van der Waals surface area contributed by atoms with Gasteiger partial charge < -0.3 is 5.32 Å². The van der Waals surface area contributed by atoms with Crippen molar-refractivity contribution in [3.8, 4) is 6.07 Å². The molecule has 3 nitrogen and oxygen atoms in total. The van der Waals surface area contributed by atoms with Gasteiger partial charge in [0.05, 0.1) is 5.56 Å². The Labute approximate surface area is 83.8 Å². The van der Waals surface area contributed by atoms with Crippen LogP contribution < -0.4 is 5.32 Å². The quantitative estimate of drug-likeness (QED) is 0.732.